The van der Waals surface area contributed by atoms with E-state index in [2.05, 4.69) is 22.9 Å². The molecule has 5 rings (SSSR count). The van der Waals surface area contributed by atoms with Gasteiger partial charge in [-0.05, 0) is 61.5 Å². The van der Waals surface area contributed by atoms with Crippen LogP contribution in [0.15, 0.2) is 60.7 Å². The Bertz CT molecular complexity index is 1360. The lowest BCUT2D eigenvalue weighted by molar-refractivity contribution is -0.110. The topological polar surface area (TPSA) is 97.9 Å². The molecule has 3 aromatic carbocycles. The molecular formula is C29H29N3O5. The van der Waals surface area contributed by atoms with Crippen molar-refractivity contribution in [3.63, 3.8) is 0 Å². The van der Waals surface area contributed by atoms with Crippen molar-refractivity contribution in [1.82, 2.24) is 5.32 Å². The molecule has 0 saturated carbocycles. The molecule has 2 aliphatic rings. The Kier molecular flexibility index (Phi) is 7.09. The van der Waals surface area contributed by atoms with Crippen LogP contribution in [0.4, 0.5) is 11.4 Å². The van der Waals surface area contributed by atoms with Gasteiger partial charge in [0.15, 0.2) is 11.5 Å². The predicted octanol–water partition coefficient (Wildman–Crippen LogP) is 4.68. The zero-order valence-electron chi connectivity index (χ0n) is 20.9. The molecule has 2 heterocycles. The molecule has 0 aliphatic carbocycles. The van der Waals surface area contributed by atoms with Crippen LogP contribution in [0.1, 0.15) is 40.9 Å². The van der Waals surface area contributed by atoms with Crippen molar-refractivity contribution in [2.75, 3.05) is 37.0 Å². The Labute approximate surface area is 215 Å². The zero-order chi connectivity index (χ0) is 25.8. The van der Waals surface area contributed by atoms with E-state index < -0.39 is 5.97 Å². The smallest absolute Gasteiger partial charge is 0.338 e. The summed E-state index contributed by atoms with van der Waals surface area (Å²) >= 11 is 0. The van der Waals surface area contributed by atoms with Crippen molar-refractivity contribution >= 4 is 34.5 Å². The highest BCUT2D eigenvalue weighted by molar-refractivity contribution is 6.37. The van der Waals surface area contributed by atoms with Crippen molar-refractivity contribution in [3.05, 3.63) is 82.9 Å². The molecule has 0 spiro atoms. The number of nitrogens with one attached hydrogen (secondary N) is 3. The number of rotatable bonds is 8. The Hall–Kier alpha value is -4.30. The lowest BCUT2D eigenvalue weighted by atomic mass is 9.98. The number of amides is 1. The van der Waals surface area contributed by atoms with Gasteiger partial charge in [-0.1, -0.05) is 25.1 Å². The van der Waals surface area contributed by atoms with Gasteiger partial charge in [0.05, 0.1) is 29.1 Å². The summed E-state index contributed by atoms with van der Waals surface area (Å²) in [5.74, 6) is 0.598. The van der Waals surface area contributed by atoms with Crippen LogP contribution >= 0.6 is 0 Å². The lowest BCUT2D eigenvalue weighted by Crippen LogP contribution is -2.16. The van der Waals surface area contributed by atoms with Crippen molar-refractivity contribution < 1.29 is 23.8 Å². The molecule has 0 bridgehead atoms. The third-order valence-corrected chi connectivity index (χ3v) is 6.16. The monoisotopic (exact) mass is 499 g/mol. The van der Waals surface area contributed by atoms with E-state index in [9.17, 15) is 9.59 Å². The van der Waals surface area contributed by atoms with E-state index in [1.165, 1.54) is 0 Å². The summed E-state index contributed by atoms with van der Waals surface area (Å²) in [5, 5.41) is 9.69. The molecule has 0 unspecified atom stereocenters. The van der Waals surface area contributed by atoms with Gasteiger partial charge in [-0.3, -0.25) is 4.79 Å². The lowest BCUT2D eigenvalue weighted by Gasteiger charge is -2.21. The molecule has 3 N–H and O–H groups in total. The van der Waals surface area contributed by atoms with E-state index in [-0.39, 0.29) is 12.5 Å². The fourth-order valence-electron chi connectivity index (χ4n) is 4.36. The Balaban J connectivity index is 1.58. The van der Waals surface area contributed by atoms with E-state index in [4.69, 9.17) is 14.2 Å². The molecule has 37 heavy (non-hydrogen) atoms. The molecule has 0 atom stereocenters. The van der Waals surface area contributed by atoms with Crippen LogP contribution in [0.2, 0.25) is 0 Å². The molecular weight excluding hydrogens is 470 g/mol. The minimum Gasteiger partial charge on any atom is -0.486 e. The van der Waals surface area contributed by atoms with E-state index in [0.717, 1.165) is 29.9 Å². The van der Waals surface area contributed by atoms with Gasteiger partial charge in [0.25, 0.3) is 5.91 Å². The Morgan fingerprint density at radius 2 is 1.70 bits per heavy atom. The van der Waals surface area contributed by atoms with Gasteiger partial charge < -0.3 is 30.2 Å². The highest BCUT2D eigenvalue weighted by atomic mass is 16.6. The van der Waals surface area contributed by atoms with Crippen molar-refractivity contribution in [2.24, 2.45) is 0 Å². The molecule has 1 amide bonds. The second kappa shape index (κ2) is 10.8. The normalized spacial score (nSPS) is 15.0. The highest BCUT2D eigenvalue weighted by Gasteiger charge is 2.30. The van der Waals surface area contributed by atoms with Gasteiger partial charge in [-0.15, -0.1) is 0 Å². The average molecular weight is 500 g/mol. The maximum absolute atomic E-state index is 13.3. The van der Waals surface area contributed by atoms with Crippen LogP contribution in [0.3, 0.4) is 0 Å². The van der Waals surface area contributed by atoms with Gasteiger partial charge in [0.1, 0.15) is 13.2 Å². The second-order valence-corrected chi connectivity index (χ2v) is 8.65. The minimum absolute atomic E-state index is 0.267. The maximum atomic E-state index is 13.3. The first-order chi connectivity index (χ1) is 18.1. The number of carbonyl (C=O) groups excluding carboxylic acids is 2. The SMILES string of the molecule is CCNCc1ccc(N/C(=C2\C(=O)Nc3cc(C(=O)OCC)ccc32)c2ccc3c(c2)OCCO3)cc1. The summed E-state index contributed by atoms with van der Waals surface area (Å²) in [6.07, 6.45) is 0. The summed E-state index contributed by atoms with van der Waals surface area (Å²) in [7, 11) is 0. The number of ether oxygens (including phenoxy) is 3. The van der Waals surface area contributed by atoms with E-state index in [1.807, 2.05) is 42.5 Å². The summed E-state index contributed by atoms with van der Waals surface area (Å²) < 4.78 is 16.6. The van der Waals surface area contributed by atoms with Crippen molar-refractivity contribution in [1.29, 1.82) is 0 Å². The van der Waals surface area contributed by atoms with Gasteiger partial charge in [0, 0.05) is 23.4 Å². The van der Waals surface area contributed by atoms with Crippen LogP contribution < -0.4 is 25.4 Å². The van der Waals surface area contributed by atoms with E-state index in [0.29, 0.717) is 52.8 Å². The van der Waals surface area contributed by atoms with Gasteiger partial charge >= 0.3 is 5.97 Å². The Morgan fingerprint density at radius 1 is 0.946 bits per heavy atom. The number of benzene rings is 3. The predicted molar refractivity (Wildman–Crippen MR) is 143 cm³/mol. The summed E-state index contributed by atoms with van der Waals surface area (Å²) in [6.45, 7) is 6.74. The first-order valence-corrected chi connectivity index (χ1v) is 12.4. The summed E-state index contributed by atoms with van der Waals surface area (Å²) in [6, 6.07) is 18.8. The molecule has 8 nitrogen and oxygen atoms in total. The van der Waals surface area contributed by atoms with Crippen molar-refractivity contribution in [2.45, 2.75) is 20.4 Å². The second-order valence-electron chi connectivity index (χ2n) is 8.65. The third-order valence-electron chi connectivity index (χ3n) is 6.16. The van der Waals surface area contributed by atoms with Crippen LogP contribution in [0.5, 0.6) is 11.5 Å². The van der Waals surface area contributed by atoms with E-state index >= 15 is 0 Å². The quantitative estimate of drug-likeness (QED) is 0.306. The largest absolute Gasteiger partial charge is 0.486 e. The number of hydrogen-bond acceptors (Lipinski definition) is 7. The standard InChI is InChI=1S/C29H29N3O5/c1-3-30-17-18-5-9-21(10-6-18)31-27(19-8-12-24-25(16-19)37-14-13-36-24)26-22-11-7-20(29(34)35-4-2)15-23(22)32-28(26)33/h5-12,15-16,30-31H,3-4,13-14,17H2,1-2H3,(H,32,33)/b27-26-. The van der Waals surface area contributed by atoms with Crippen LogP contribution in [0.25, 0.3) is 11.3 Å². The van der Waals surface area contributed by atoms with E-state index in [1.54, 1.807) is 25.1 Å². The van der Waals surface area contributed by atoms with Crippen LogP contribution in [0, 0.1) is 0 Å². The van der Waals surface area contributed by atoms with Crippen LogP contribution in [-0.4, -0.2) is 38.2 Å². The number of carbonyl (C=O) groups is 2. The molecule has 8 heteroatoms. The van der Waals surface area contributed by atoms with Gasteiger partial charge in [0.2, 0.25) is 0 Å². The first kappa shape index (κ1) is 24.4. The molecule has 3 aromatic rings. The zero-order valence-corrected chi connectivity index (χ0v) is 20.9. The molecule has 0 saturated heterocycles. The number of esters is 1. The third kappa shape index (κ3) is 5.15. The maximum Gasteiger partial charge on any atom is 0.338 e. The molecule has 190 valence electrons. The Morgan fingerprint density at radius 3 is 2.46 bits per heavy atom. The van der Waals surface area contributed by atoms with Crippen molar-refractivity contribution in [3.8, 4) is 11.5 Å². The molecule has 0 fully saturated rings. The summed E-state index contributed by atoms with van der Waals surface area (Å²) in [4.78, 5) is 25.6. The number of hydrogen-bond donors (Lipinski definition) is 3. The minimum atomic E-state index is -0.431. The van der Waals surface area contributed by atoms with Gasteiger partial charge in [-0.2, -0.15) is 0 Å². The number of anilines is 2. The highest BCUT2D eigenvalue weighted by Crippen LogP contribution is 2.40. The van der Waals surface area contributed by atoms with Crippen LogP contribution in [-0.2, 0) is 16.1 Å². The molecule has 0 aromatic heterocycles. The fraction of sp³-hybridized carbons (Fsp3) is 0.241. The van der Waals surface area contributed by atoms with Gasteiger partial charge in [-0.25, -0.2) is 4.79 Å². The fourth-order valence-corrected chi connectivity index (χ4v) is 4.36. The number of fused-ring (bicyclic) bond motifs is 2. The summed E-state index contributed by atoms with van der Waals surface area (Å²) in [5.41, 5.74) is 5.50. The molecule has 0 radical (unpaired) electrons. The molecule has 2 aliphatic heterocycles. The average Bonchev–Trinajstić information content (AvgIpc) is 3.25. The first-order valence-electron chi connectivity index (χ1n) is 12.4.